The van der Waals surface area contributed by atoms with Crippen molar-refractivity contribution in [1.82, 2.24) is 14.8 Å². The Labute approximate surface area is 226 Å². The highest BCUT2D eigenvalue weighted by molar-refractivity contribution is 7.17. The van der Waals surface area contributed by atoms with Crippen molar-refractivity contribution < 1.29 is 9.59 Å². The molecule has 0 bridgehead atoms. The van der Waals surface area contributed by atoms with E-state index < -0.39 is 0 Å². The first-order valence-corrected chi connectivity index (χ1v) is 14.3. The molecule has 1 aromatic carbocycles. The second-order valence-corrected chi connectivity index (χ2v) is 12.3. The number of thiophene rings is 1. The highest BCUT2D eigenvalue weighted by Gasteiger charge is 2.39. The molecule has 2 amide bonds. The number of piperidine rings is 2. The number of carbonyl (C=O) groups excluding carboxylic acids is 2. The lowest BCUT2D eigenvalue weighted by atomic mass is 9.71. The summed E-state index contributed by atoms with van der Waals surface area (Å²) in [5.41, 5.74) is 4.63. The summed E-state index contributed by atoms with van der Waals surface area (Å²) < 4.78 is 0.622. The SMILES string of the molecule is O=C(c1ccc2c(c1)CN(C(=O)c1ccc(Cl)s1)CC2)N1CCC2(CC1)CCN(c1ccncc1)CC2. The molecule has 3 aliphatic rings. The number of amides is 2. The summed E-state index contributed by atoms with van der Waals surface area (Å²) in [6.07, 6.45) is 9.01. The van der Waals surface area contributed by atoms with Crippen LogP contribution in [-0.4, -0.2) is 59.3 Å². The molecule has 192 valence electrons. The van der Waals surface area contributed by atoms with Crippen LogP contribution in [0.3, 0.4) is 0 Å². The van der Waals surface area contributed by atoms with E-state index in [1.807, 2.05) is 34.3 Å². The summed E-state index contributed by atoms with van der Waals surface area (Å²) in [4.78, 5) is 37.5. The van der Waals surface area contributed by atoms with Crippen LogP contribution in [0, 0.1) is 5.41 Å². The molecule has 2 saturated heterocycles. The fourth-order valence-electron chi connectivity index (χ4n) is 6.11. The molecule has 37 heavy (non-hydrogen) atoms. The zero-order chi connectivity index (χ0) is 25.4. The van der Waals surface area contributed by atoms with Gasteiger partial charge < -0.3 is 14.7 Å². The molecule has 2 aromatic heterocycles. The first-order valence-electron chi connectivity index (χ1n) is 13.1. The van der Waals surface area contributed by atoms with Crippen LogP contribution in [0.4, 0.5) is 5.69 Å². The molecule has 6 rings (SSSR count). The van der Waals surface area contributed by atoms with Crippen molar-refractivity contribution in [2.24, 2.45) is 5.41 Å². The minimum atomic E-state index is 0.00980. The van der Waals surface area contributed by atoms with E-state index in [1.54, 1.807) is 12.1 Å². The van der Waals surface area contributed by atoms with Crippen molar-refractivity contribution >= 4 is 40.4 Å². The zero-order valence-electron chi connectivity index (χ0n) is 20.9. The molecule has 0 aliphatic carbocycles. The minimum absolute atomic E-state index is 0.00980. The third kappa shape index (κ3) is 4.99. The molecule has 0 atom stereocenters. The normalized spacial score (nSPS) is 19.1. The predicted octanol–water partition coefficient (Wildman–Crippen LogP) is 5.52. The van der Waals surface area contributed by atoms with Crippen molar-refractivity contribution in [1.29, 1.82) is 0 Å². The Kier molecular flexibility index (Phi) is 6.67. The molecular weight excluding hydrogens is 504 g/mol. The number of halogens is 1. The molecule has 8 heteroatoms. The van der Waals surface area contributed by atoms with Gasteiger partial charge in [0.05, 0.1) is 9.21 Å². The fourth-order valence-corrected chi connectivity index (χ4v) is 7.12. The monoisotopic (exact) mass is 534 g/mol. The molecule has 0 unspecified atom stereocenters. The first-order chi connectivity index (χ1) is 18.0. The van der Waals surface area contributed by atoms with Crippen LogP contribution in [0.5, 0.6) is 0 Å². The summed E-state index contributed by atoms with van der Waals surface area (Å²) in [7, 11) is 0. The largest absolute Gasteiger partial charge is 0.371 e. The van der Waals surface area contributed by atoms with Crippen LogP contribution in [-0.2, 0) is 13.0 Å². The molecule has 0 N–H and O–H groups in total. The Hall–Kier alpha value is -2.90. The summed E-state index contributed by atoms with van der Waals surface area (Å²) in [6, 6.07) is 13.8. The smallest absolute Gasteiger partial charge is 0.264 e. The number of aromatic nitrogens is 1. The molecule has 2 fully saturated rings. The van der Waals surface area contributed by atoms with Gasteiger partial charge in [-0.15, -0.1) is 11.3 Å². The predicted molar refractivity (Wildman–Crippen MR) is 147 cm³/mol. The maximum absolute atomic E-state index is 13.5. The lowest BCUT2D eigenvalue weighted by Crippen LogP contribution is -2.48. The number of hydrogen-bond donors (Lipinski definition) is 0. The van der Waals surface area contributed by atoms with E-state index in [9.17, 15) is 9.59 Å². The van der Waals surface area contributed by atoms with Gasteiger partial charge >= 0.3 is 0 Å². The summed E-state index contributed by atoms with van der Waals surface area (Å²) >= 11 is 7.35. The molecule has 3 aromatic rings. The lowest BCUT2D eigenvalue weighted by Gasteiger charge is -2.47. The number of pyridine rings is 1. The minimum Gasteiger partial charge on any atom is -0.371 e. The van der Waals surface area contributed by atoms with E-state index in [4.69, 9.17) is 11.6 Å². The fraction of sp³-hybridized carbons (Fsp3) is 0.414. The van der Waals surface area contributed by atoms with Crippen LogP contribution < -0.4 is 4.90 Å². The van der Waals surface area contributed by atoms with Crippen molar-refractivity contribution in [2.75, 3.05) is 37.6 Å². The van der Waals surface area contributed by atoms with Crippen LogP contribution in [0.2, 0.25) is 4.34 Å². The number of nitrogens with zero attached hydrogens (tertiary/aromatic N) is 4. The van der Waals surface area contributed by atoms with Crippen molar-refractivity contribution in [3.8, 4) is 0 Å². The van der Waals surface area contributed by atoms with E-state index in [2.05, 4.69) is 28.1 Å². The van der Waals surface area contributed by atoms with E-state index in [0.29, 0.717) is 27.7 Å². The standard InChI is InChI=1S/C29H31ClN4O2S/c30-26-4-3-25(37-26)28(36)34-14-7-21-1-2-22(19-23(21)20-34)27(35)33-17-10-29(11-18-33)8-15-32(16-9-29)24-5-12-31-13-6-24/h1-6,12-13,19H,7-11,14-18,20H2. The topological polar surface area (TPSA) is 56.8 Å². The molecular formula is C29H31ClN4O2S. The van der Waals surface area contributed by atoms with Gasteiger partial charge in [-0.3, -0.25) is 14.6 Å². The third-order valence-corrected chi connectivity index (χ3v) is 9.72. The van der Waals surface area contributed by atoms with Gasteiger partial charge in [0.2, 0.25) is 0 Å². The second kappa shape index (κ2) is 10.1. The Bertz CT molecular complexity index is 1290. The third-order valence-electron chi connectivity index (χ3n) is 8.50. The van der Waals surface area contributed by atoms with Gasteiger partial charge in [-0.2, -0.15) is 0 Å². The van der Waals surface area contributed by atoms with Gasteiger partial charge in [0, 0.05) is 62.9 Å². The Morgan fingerprint density at radius 3 is 2.24 bits per heavy atom. The van der Waals surface area contributed by atoms with Crippen LogP contribution in [0.15, 0.2) is 54.9 Å². The van der Waals surface area contributed by atoms with Crippen LogP contribution in [0.25, 0.3) is 0 Å². The molecule has 6 nitrogen and oxygen atoms in total. The average molecular weight is 535 g/mol. The number of benzene rings is 1. The Balaban J connectivity index is 1.07. The van der Waals surface area contributed by atoms with Gasteiger partial charge in [-0.05, 0) is 85.0 Å². The quantitative estimate of drug-likeness (QED) is 0.444. The number of anilines is 1. The van der Waals surface area contributed by atoms with Gasteiger partial charge in [0.25, 0.3) is 11.8 Å². The maximum Gasteiger partial charge on any atom is 0.264 e. The molecule has 3 aliphatic heterocycles. The van der Waals surface area contributed by atoms with Crippen molar-refractivity contribution in [2.45, 2.75) is 38.6 Å². The molecule has 0 radical (unpaired) electrons. The average Bonchev–Trinajstić information content (AvgIpc) is 3.39. The lowest BCUT2D eigenvalue weighted by molar-refractivity contribution is 0.0515. The number of rotatable bonds is 3. The van der Waals surface area contributed by atoms with Gasteiger partial charge in [0.15, 0.2) is 0 Å². The van der Waals surface area contributed by atoms with E-state index in [0.717, 1.165) is 56.6 Å². The van der Waals surface area contributed by atoms with Crippen LogP contribution in [0.1, 0.15) is 56.8 Å². The first kappa shape index (κ1) is 24.4. The van der Waals surface area contributed by atoms with Crippen LogP contribution >= 0.6 is 22.9 Å². The van der Waals surface area contributed by atoms with Gasteiger partial charge in [-0.1, -0.05) is 17.7 Å². The van der Waals surface area contributed by atoms with Gasteiger partial charge in [-0.25, -0.2) is 0 Å². The Morgan fingerprint density at radius 2 is 1.54 bits per heavy atom. The molecule has 0 saturated carbocycles. The zero-order valence-corrected chi connectivity index (χ0v) is 22.4. The van der Waals surface area contributed by atoms with Gasteiger partial charge in [0.1, 0.15) is 0 Å². The number of hydrogen-bond acceptors (Lipinski definition) is 5. The number of fused-ring (bicyclic) bond motifs is 1. The van der Waals surface area contributed by atoms with E-state index >= 15 is 0 Å². The highest BCUT2D eigenvalue weighted by atomic mass is 35.5. The summed E-state index contributed by atoms with van der Waals surface area (Å²) in [5, 5.41) is 0. The second-order valence-electron chi connectivity index (χ2n) is 10.5. The number of likely N-dealkylation sites (tertiary alicyclic amines) is 1. The Morgan fingerprint density at radius 1 is 0.811 bits per heavy atom. The molecule has 5 heterocycles. The summed E-state index contributed by atoms with van der Waals surface area (Å²) in [6.45, 7) is 4.97. The highest BCUT2D eigenvalue weighted by Crippen LogP contribution is 2.42. The van der Waals surface area contributed by atoms with E-state index in [-0.39, 0.29) is 11.8 Å². The van der Waals surface area contributed by atoms with E-state index in [1.165, 1.54) is 35.4 Å². The molecule has 1 spiro atoms. The number of carbonyl (C=O) groups is 2. The maximum atomic E-state index is 13.5. The van der Waals surface area contributed by atoms with Crippen molar-refractivity contribution in [3.63, 3.8) is 0 Å². The summed E-state index contributed by atoms with van der Waals surface area (Å²) in [5.74, 6) is 0.121. The van der Waals surface area contributed by atoms with Crippen molar-refractivity contribution in [3.05, 3.63) is 80.8 Å².